The molecule has 0 bridgehead atoms. The SMILES string of the molecule is CC(CC(O)C1CCCCC1)CC(C)(C)C. The lowest BCUT2D eigenvalue weighted by molar-refractivity contribution is 0.0585. The predicted octanol–water partition coefficient (Wildman–Crippen LogP) is 4.39. The molecule has 1 N–H and O–H groups in total. The van der Waals surface area contributed by atoms with Crippen molar-refractivity contribution in [3.63, 3.8) is 0 Å². The molecule has 0 amide bonds. The minimum atomic E-state index is -0.0438. The fourth-order valence-corrected chi connectivity index (χ4v) is 3.25. The zero-order chi connectivity index (χ0) is 12.2. The third kappa shape index (κ3) is 5.34. The lowest BCUT2D eigenvalue weighted by Gasteiger charge is -2.30. The van der Waals surface area contributed by atoms with Crippen molar-refractivity contribution in [2.45, 2.75) is 78.7 Å². The van der Waals surface area contributed by atoms with Gasteiger partial charge in [0.25, 0.3) is 0 Å². The molecule has 1 fully saturated rings. The van der Waals surface area contributed by atoms with E-state index in [1.165, 1.54) is 38.5 Å². The molecule has 1 heteroatoms. The van der Waals surface area contributed by atoms with Crippen LogP contribution in [0.15, 0.2) is 0 Å². The van der Waals surface area contributed by atoms with Gasteiger partial charge < -0.3 is 5.11 Å². The van der Waals surface area contributed by atoms with E-state index in [-0.39, 0.29) is 6.10 Å². The highest BCUT2D eigenvalue weighted by Gasteiger charge is 2.24. The van der Waals surface area contributed by atoms with Crippen LogP contribution in [-0.2, 0) is 0 Å². The highest BCUT2D eigenvalue weighted by atomic mass is 16.3. The minimum absolute atomic E-state index is 0.0438. The monoisotopic (exact) mass is 226 g/mol. The summed E-state index contributed by atoms with van der Waals surface area (Å²) in [5.41, 5.74) is 0.395. The van der Waals surface area contributed by atoms with Gasteiger partial charge in [-0.3, -0.25) is 0 Å². The topological polar surface area (TPSA) is 20.2 Å². The first-order valence-corrected chi connectivity index (χ1v) is 7.06. The molecular weight excluding hydrogens is 196 g/mol. The molecule has 0 aliphatic heterocycles. The lowest BCUT2D eigenvalue weighted by atomic mass is 9.78. The maximum atomic E-state index is 10.2. The van der Waals surface area contributed by atoms with Crippen molar-refractivity contribution < 1.29 is 5.11 Å². The van der Waals surface area contributed by atoms with Gasteiger partial charge in [-0.1, -0.05) is 47.0 Å². The first-order chi connectivity index (χ1) is 7.38. The van der Waals surface area contributed by atoms with Crippen molar-refractivity contribution in [3.05, 3.63) is 0 Å². The zero-order valence-corrected chi connectivity index (χ0v) is 11.6. The van der Waals surface area contributed by atoms with E-state index in [9.17, 15) is 5.11 Å². The maximum absolute atomic E-state index is 10.2. The van der Waals surface area contributed by atoms with Crippen LogP contribution in [0.3, 0.4) is 0 Å². The van der Waals surface area contributed by atoms with E-state index in [4.69, 9.17) is 0 Å². The average molecular weight is 226 g/mol. The fraction of sp³-hybridized carbons (Fsp3) is 1.00. The van der Waals surface area contributed by atoms with Gasteiger partial charge in [-0.15, -0.1) is 0 Å². The largest absolute Gasteiger partial charge is 0.393 e. The van der Waals surface area contributed by atoms with Crippen molar-refractivity contribution in [3.8, 4) is 0 Å². The molecule has 16 heavy (non-hydrogen) atoms. The third-order valence-corrected chi connectivity index (χ3v) is 3.80. The molecule has 1 saturated carbocycles. The van der Waals surface area contributed by atoms with E-state index in [1.54, 1.807) is 0 Å². The molecule has 1 aliphatic carbocycles. The normalized spacial score (nSPS) is 23.1. The minimum Gasteiger partial charge on any atom is -0.393 e. The molecular formula is C15H30O. The van der Waals surface area contributed by atoms with Gasteiger partial charge in [-0.05, 0) is 42.9 Å². The Labute approximate surface area is 102 Å². The van der Waals surface area contributed by atoms with Crippen LogP contribution < -0.4 is 0 Å². The van der Waals surface area contributed by atoms with Crippen LogP contribution in [0.1, 0.15) is 72.6 Å². The second-order valence-corrected chi connectivity index (χ2v) is 7.07. The van der Waals surface area contributed by atoms with Crippen LogP contribution in [0.5, 0.6) is 0 Å². The van der Waals surface area contributed by atoms with E-state index in [0.29, 0.717) is 17.3 Å². The number of hydrogen-bond acceptors (Lipinski definition) is 1. The molecule has 0 heterocycles. The Morgan fingerprint density at radius 1 is 1.12 bits per heavy atom. The van der Waals surface area contributed by atoms with Crippen molar-refractivity contribution in [2.75, 3.05) is 0 Å². The van der Waals surface area contributed by atoms with Crippen molar-refractivity contribution in [2.24, 2.45) is 17.3 Å². The van der Waals surface area contributed by atoms with Crippen LogP contribution in [0.25, 0.3) is 0 Å². The molecule has 0 aromatic heterocycles. The van der Waals surface area contributed by atoms with Crippen molar-refractivity contribution in [1.29, 1.82) is 0 Å². The summed E-state index contributed by atoms with van der Waals surface area (Å²) in [6, 6.07) is 0. The molecule has 1 rings (SSSR count). The average Bonchev–Trinajstić information content (AvgIpc) is 2.16. The summed E-state index contributed by atoms with van der Waals surface area (Å²) in [6.45, 7) is 9.15. The van der Waals surface area contributed by atoms with E-state index in [0.717, 1.165) is 6.42 Å². The van der Waals surface area contributed by atoms with Crippen LogP contribution in [0, 0.1) is 17.3 Å². The van der Waals surface area contributed by atoms with E-state index in [1.807, 2.05) is 0 Å². The fourth-order valence-electron chi connectivity index (χ4n) is 3.25. The van der Waals surface area contributed by atoms with Crippen LogP contribution >= 0.6 is 0 Å². The second-order valence-electron chi connectivity index (χ2n) is 7.07. The quantitative estimate of drug-likeness (QED) is 0.753. The van der Waals surface area contributed by atoms with Gasteiger partial charge in [0.1, 0.15) is 0 Å². The summed E-state index contributed by atoms with van der Waals surface area (Å²) in [5.74, 6) is 1.24. The lowest BCUT2D eigenvalue weighted by Crippen LogP contribution is -2.26. The number of aliphatic hydroxyl groups is 1. The van der Waals surface area contributed by atoms with Crippen molar-refractivity contribution >= 4 is 0 Å². The van der Waals surface area contributed by atoms with Gasteiger partial charge in [0.15, 0.2) is 0 Å². The van der Waals surface area contributed by atoms with Gasteiger partial charge in [0, 0.05) is 0 Å². The highest BCUT2D eigenvalue weighted by Crippen LogP contribution is 2.32. The summed E-state index contributed by atoms with van der Waals surface area (Å²) in [5, 5.41) is 10.2. The standard InChI is InChI=1S/C15H30O/c1-12(11-15(2,3)4)10-14(16)13-8-6-5-7-9-13/h12-14,16H,5-11H2,1-4H3. The van der Waals surface area contributed by atoms with Gasteiger partial charge in [0.2, 0.25) is 0 Å². The maximum Gasteiger partial charge on any atom is 0.0570 e. The van der Waals surface area contributed by atoms with Gasteiger partial charge in [0.05, 0.1) is 6.10 Å². The molecule has 0 radical (unpaired) electrons. The van der Waals surface area contributed by atoms with Gasteiger partial charge >= 0.3 is 0 Å². The number of hydrogen-bond donors (Lipinski definition) is 1. The van der Waals surface area contributed by atoms with E-state index < -0.39 is 0 Å². The summed E-state index contributed by atoms with van der Waals surface area (Å²) in [7, 11) is 0. The van der Waals surface area contributed by atoms with E-state index >= 15 is 0 Å². The van der Waals surface area contributed by atoms with Crippen LogP contribution in [-0.4, -0.2) is 11.2 Å². The van der Waals surface area contributed by atoms with Gasteiger partial charge in [-0.2, -0.15) is 0 Å². The third-order valence-electron chi connectivity index (χ3n) is 3.80. The Hall–Kier alpha value is -0.0400. The number of aliphatic hydroxyl groups excluding tert-OH is 1. The van der Waals surface area contributed by atoms with Gasteiger partial charge in [-0.25, -0.2) is 0 Å². The zero-order valence-electron chi connectivity index (χ0n) is 11.6. The summed E-state index contributed by atoms with van der Waals surface area (Å²) in [4.78, 5) is 0. The Bertz CT molecular complexity index is 186. The first kappa shape index (κ1) is 14.0. The molecule has 0 saturated heterocycles. The Morgan fingerprint density at radius 3 is 2.19 bits per heavy atom. The second kappa shape index (κ2) is 6.05. The van der Waals surface area contributed by atoms with Crippen molar-refractivity contribution in [1.82, 2.24) is 0 Å². The molecule has 0 aromatic rings. The molecule has 1 nitrogen and oxygen atoms in total. The molecule has 2 atom stereocenters. The van der Waals surface area contributed by atoms with Crippen LogP contribution in [0.2, 0.25) is 0 Å². The highest BCUT2D eigenvalue weighted by molar-refractivity contribution is 4.76. The van der Waals surface area contributed by atoms with Crippen LogP contribution in [0.4, 0.5) is 0 Å². The Balaban J connectivity index is 2.29. The first-order valence-electron chi connectivity index (χ1n) is 7.06. The molecule has 1 aliphatic rings. The van der Waals surface area contributed by atoms with E-state index in [2.05, 4.69) is 27.7 Å². The Morgan fingerprint density at radius 2 is 1.69 bits per heavy atom. The molecule has 2 unspecified atom stereocenters. The number of rotatable bonds is 4. The summed E-state index contributed by atoms with van der Waals surface area (Å²) in [6.07, 6.45) is 8.72. The summed E-state index contributed by atoms with van der Waals surface area (Å²) >= 11 is 0. The predicted molar refractivity (Wildman–Crippen MR) is 70.4 cm³/mol. The smallest absolute Gasteiger partial charge is 0.0570 e. The molecule has 96 valence electrons. The Kier molecular flexibility index (Phi) is 5.30. The molecule has 0 aromatic carbocycles. The summed E-state index contributed by atoms with van der Waals surface area (Å²) < 4.78 is 0. The molecule has 0 spiro atoms.